The normalized spacial score (nSPS) is 16.7. The molecule has 0 spiro atoms. The minimum atomic E-state index is -0.549. The highest BCUT2D eigenvalue weighted by molar-refractivity contribution is 5.95. The number of carbonyl (C=O) groups excluding carboxylic acids is 2. The lowest BCUT2D eigenvalue weighted by molar-refractivity contribution is -0.136. The Morgan fingerprint density at radius 1 is 1.04 bits per heavy atom. The third-order valence-corrected chi connectivity index (χ3v) is 4.42. The summed E-state index contributed by atoms with van der Waals surface area (Å²) in [6.45, 7) is 1.11. The number of amides is 2. The number of hydrogen-bond donors (Lipinski definition) is 2. The minimum Gasteiger partial charge on any atom is -0.466 e. The molecule has 0 saturated carbocycles. The number of rotatable bonds is 6. The van der Waals surface area contributed by atoms with Crippen LogP contribution in [0.4, 0.5) is 4.79 Å². The van der Waals surface area contributed by atoms with E-state index in [1.165, 1.54) is 7.11 Å². The Labute approximate surface area is 158 Å². The van der Waals surface area contributed by atoms with E-state index in [1.54, 1.807) is 0 Å². The number of benzene rings is 2. The molecule has 0 fully saturated rings. The molecule has 1 heterocycles. The van der Waals surface area contributed by atoms with Crippen molar-refractivity contribution < 1.29 is 14.3 Å². The molecular formula is C21H23N3O3. The molecule has 2 N–H and O–H groups in total. The first kappa shape index (κ1) is 18.7. The number of urea groups is 1. The van der Waals surface area contributed by atoms with E-state index in [0.29, 0.717) is 24.4 Å². The lowest BCUT2D eigenvalue weighted by Gasteiger charge is -2.31. The first-order chi connectivity index (χ1) is 13.1. The molecule has 140 valence electrons. The molecule has 0 radical (unpaired) electrons. The van der Waals surface area contributed by atoms with E-state index in [4.69, 9.17) is 4.74 Å². The number of nitrogens with zero attached hydrogens (tertiary/aromatic N) is 1. The van der Waals surface area contributed by atoms with Crippen LogP contribution in [-0.2, 0) is 16.1 Å². The average molecular weight is 365 g/mol. The van der Waals surface area contributed by atoms with E-state index in [1.807, 2.05) is 72.6 Å². The molecule has 1 aliphatic rings. The fourth-order valence-electron chi connectivity index (χ4n) is 3.21. The summed E-state index contributed by atoms with van der Waals surface area (Å²) < 4.78 is 5.00. The van der Waals surface area contributed by atoms with Crippen LogP contribution in [0.1, 0.15) is 17.2 Å². The Hall–Kier alpha value is -3.12. The lowest BCUT2D eigenvalue weighted by atomic mass is 9.95. The first-order valence-corrected chi connectivity index (χ1v) is 8.74. The number of likely N-dealkylation sites (N-methyl/N-ethyl adjacent to an activating group) is 1. The number of hydrogen-bond acceptors (Lipinski definition) is 4. The standard InChI is InChI=1S/C21H23N3O3/c1-24(13-15-9-5-3-6-10-15)14-17-18(20(25)27-2)19(23-21(26)22-17)16-11-7-4-8-12-16/h3-12,19H,13-14H2,1-2H3,(H2,22,23,26)/t19-/m0/s1. The summed E-state index contributed by atoms with van der Waals surface area (Å²) in [6, 6.07) is 18.5. The fraction of sp³-hybridized carbons (Fsp3) is 0.238. The van der Waals surface area contributed by atoms with E-state index >= 15 is 0 Å². The summed E-state index contributed by atoms with van der Waals surface area (Å²) in [5, 5.41) is 5.61. The highest BCUT2D eigenvalue weighted by atomic mass is 16.5. The van der Waals surface area contributed by atoms with Gasteiger partial charge < -0.3 is 15.4 Å². The van der Waals surface area contributed by atoms with E-state index in [9.17, 15) is 9.59 Å². The molecule has 0 aromatic heterocycles. The zero-order valence-electron chi connectivity index (χ0n) is 15.4. The lowest BCUT2D eigenvalue weighted by Crippen LogP contribution is -2.48. The van der Waals surface area contributed by atoms with Gasteiger partial charge in [-0.3, -0.25) is 4.90 Å². The Morgan fingerprint density at radius 2 is 1.67 bits per heavy atom. The van der Waals surface area contributed by atoms with Crippen molar-refractivity contribution in [1.29, 1.82) is 0 Å². The van der Waals surface area contributed by atoms with Crippen molar-refractivity contribution in [3.63, 3.8) is 0 Å². The summed E-state index contributed by atoms with van der Waals surface area (Å²) in [7, 11) is 3.29. The second kappa shape index (κ2) is 8.51. The van der Waals surface area contributed by atoms with Crippen LogP contribution in [0.25, 0.3) is 0 Å². The van der Waals surface area contributed by atoms with Gasteiger partial charge in [0.15, 0.2) is 0 Å². The predicted molar refractivity (Wildman–Crippen MR) is 103 cm³/mol. The van der Waals surface area contributed by atoms with Crippen molar-refractivity contribution >= 4 is 12.0 Å². The Kier molecular flexibility index (Phi) is 5.88. The van der Waals surface area contributed by atoms with Crippen LogP contribution in [0.15, 0.2) is 71.9 Å². The molecule has 2 amide bonds. The summed E-state index contributed by atoms with van der Waals surface area (Å²) in [5.74, 6) is -0.459. The minimum absolute atomic E-state index is 0.334. The molecule has 6 heteroatoms. The monoisotopic (exact) mass is 365 g/mol. The van der Waals surface area contributed by atoms with Crippen LogP contribution in [0.2, 0.25) is 0 Å². The van der Waals surface area contributed by atoms with Gasteiger partial charge in [-0.1, -0.05) is 60.7 Å². The molecule has 2 aromatic rings. The molecule has 0 bridgehead atoms. The Balaban J connectivity index is 1.91. The summed E-state index contributed by atoms with van der Waals surface area (Å²) in [4.78, 5) is 26.8. The Bertz CT molecular complexity index is 834. The number of ether oxygens (including phenoxy) is 1. The molecule has 27 heavy (non-hydrogen) atoms. The van der Waals surface area contributed by atoms with Crippen LogP contribution in [-0.4, -0.2) is 37.6 Å². The van der Waals surface area contributed by atoms with Crippen LogP contribution in [0.5, 0.6) is 0 Å². The van der Waals surface area contributed by atoms with Crippen molar-refractivity contribution in [3.8, 4) is 0 Å². The largest absolute Gasteiger partial charge is 0.466 e. The number of methoxy groups -OCH3 is 1. The van der Waals surface area contributed by atoms with Gasteiger partial charge in [-0.25, -0.2) is 9.59 Å². The van der Waals surface area contributed by atoms with Gasteiger partial charge in [0.2, 0.25) is 0 Å². The highest BCUT2D eigenvalue weighted by Gasteiger charge is 2.33. The second-order valence-electron chi connectivity index (χ2n) is 6.48. The van der Waals surface area contributed by atoms with Crippen molar-refractivity contribution in [2.45, 2.75) is 12.6 Å². The molecule has 1 aliphatic heterocycles. The van der Waals surface area contributed by atoms with Crippen LogP contribution < -0.4 is 10.6 Å². The molecule has 1 atom stereocenters. The summed E-state index contributed by atoms with van der Waals surface area (Å²) in [5.41, 5.74) is 2.96. The van der Waals surface area contributed by atoms with Crippen molar-refractivity contribution in [2.75, 3.05) is 20.7 Å². The molecule has 0 unspecified atom stereocenters. The number of esters is 1. The maximum absolute atomic E-state index is 12.5. The average Bonchev–Trinajstić information content (AvgIpc) is 2.68. The van der Waals surface area contributed by atoms with E-state index < -0.39 is 12.0 Å². The fourth-order valence-corrected chi connectivity index (χ4v) is 3.21. The number of carbonyl (C=O) groups is 2. The van der Waals surface area contributed by atoms with Crippen molar-refractivity contribution in [2.24, 2.45) is 0 Å². The van der Waals surface area contributed by atoms with E-state index in [0.717, 1.165) is 11.1 Å². The quantitative estimate of drug-likeness (QED) is 0.772. The first-order valence-electron chi connectivity index (χ1n) is 8.74. The van der Waals surface area contributed by atoms with Gasteiger partial charge >= 0.3 is 12.0 Å². The Morgan fingerprint density at radius 3 is 2.30 bits per heavy atom. The predicted octanol–water partition coefficient (Wildman–Crippen LogP) is 2.60. The highest BCUT2D eigenvalue weighted by Crippen LogP contribution is 2.27. The maximum atomic E-state index is 12.5. The van der Waals surface area contributed by atoms with Gasteiger partial charge in [-0.2, -0.15) is 0 Å². The van der Waals surface area contributed by atoms with Gasteiger partial charge in [0, 0.05) is 18.8 Å². The third-order valence-electron chi connectivity index (χ3n) is 4.42. The zero-order chi connectivity index (χ0) is 19.2. The van der Waals surface area contributed by atoms with Crippen LogP contribution in [0, 0.1) is 0 Å². The number of nitrogens with one attached hydrogen (secondary N) is 2. The van der Waals surface area contributed by atoms with Gasteiger partial charge in [0.1, 0.15) is 0 Å². The van der Waals surface area contributed by atoms with Crippen LogP contribution in [0.3, 0.4) is 0 Å². The smallest absolute Gasteiger partial charge is 0.338 e. The third kappa shape index (κ3) is 4.54. The summed E-state index contributed by atoms with van der Waals surface area (Å²) >= 11 is 0. The van der Waals surface area contributed by atoms with Gasteiger partial charge in [0.25, 0.3) is 0 Å². The van der Waals surface area contributed by atoms with Crippen LogP contribution >= 0.6 is 0 Å². The maximum Gasteiger partial charge on any atom is 0.338 e. The van der Waals surface area contributed by atoms with Gasteiger partial charge in [-0.05, 0) is 18.2 Å². The summed E-state index contributed by atoms with van der Waals surface area (Å²) in [6.07, 6.45) is 0. The topological polar surface area (TPSA) is 70.7 Å². The molecular weight excluding hydrogens is 342 g/mol. The van der Waals surface area contributed by atoms with Gasteiger partial charge in [0.05, 0.1) is 18.7 Å². The molecule has 6 nitrogen and oxygen atoms in total. The SMILES string of the molecule is COC(=O)C1=C(CN(C)Cc2ccccc2)NC(=O)N[C@H]1c1ccccc1. The van der Waals surface area contributed by atoms with E-state index in [2.05, 4.69) is 10.6 Å². The molecule has 0 aliphatic carbocycles. The molecule has 2 aromatic carbocycles. The molecule has 0 saturated heterocycles. The van der Waals surface area contributed by atoms with Crippen molar-refractivity contribution in [3.05, 3.63) is 83.1 Å². The van der Waals surface area contributed by atoms with Crippen molar-refractivity contribution in [1.82, 2.24) is 15.5 Å². The zero-order valence-corrected chi connectivity index (χ0v) is 15.4. The second-order valence-corrected chi connectivity index (χ2v) is 6.48. The van der Waals surface area contributed by atoms with E-state index in [-0.39, 0.29) is 6.03 Å². The molecule has 3 rings (SSSR count). The van der Waals surface area contributed by atoms with Gasteiger partial charge in [-0.15, -0.1) is 0 Å².